The van der Waals surface area contributed by atoms with E-state index in [4.69, 9.17) is 16.7 Å². The van der Waals surface area contributed by atoms with Gasteiger partial charge in [0.05, 0.1) is 22.4 Å². The smallest absolute Gasteiger partial charge is 0.371 e. The number of hydrogen-bond donors (Lipinski definition) is 5. The average molecular weight is 574 g/mol. The fourth-order valence-corrected chi connectivity index (χ4v) is 4.13. The van der Waals surface area contributed by atoms with Crippen LogP contribution in [0, 0.1) is 0 Å². The van der Waals surface area contributed by atoms with Crippen LogP contribution in [0.25, 0.3) is 16.7 Å². The summed E-state index contributed by atoms with van der Waals surface area (Å²) in [4.78, 5) is 55.9. The molecule has 5 aromatic rings. The number of benzene rings is 3. The highest BCUT2D eigenvalue weighted by molar-refractivity contribution is 6.44. The molecule has 5 rings (SSSR count). The Morgan fingerprint density at radius 2 is 1.71 bits per heavy atom. The Morgan fingerprint density at radius 1 is 0.927 bits per heavy atom. The number of rotatable bonds is 8. The fourth-order valence-electron chi connectivity index (χ4n) is 3.96. The maximum absolute atomic E-state index is 12.8. The molecule has 0 aliphatic carbocycles. The van der Waals surface area contributed by atoms with Gasteiger partial charge in [-0.3, -0.25) is 14.4 Å². The molecule has 0 bridgehead atoms. The molecule has 0 saturated carbocycles. The van der Waals surface area contributed by atoms with Crippen LogP contribution in [-0.4, -0.2) is 59.0 Å². The van der Waals surface area contributed by atoms with E-state index in [1.807, 2.05) is 0 Å². The molecule has 3 amide bonds. The van der Waals surface area contributed by atoms with Gasteiger partial charge < -0.3 is 26.0 Å². The number of halogens is 1. The first-order valence-corrected chi connectivity index (χ1v) is 12.4. The molecule has 0 spiro atoms. The minimum absolute atomic E-state index is 0.0677. The number of carbonyl (C=O) groups is 4. The number of amides is 3. The molecule has 2 aromatic heterocycles. The van der Waals surface area contributed by atoms with Gasteiger partial charge in [0.1, 0.15) is 6.33 Å². The molecular weight excluding hydrogens is 554 g/mol. The Hall–Kier alpha value is -5.63. The predicted octanol–water partition coefficient (Wildman–Crippen LogP) is 3.04. The lowest BCUT2D eigenvalue weighted by atomic mass is 10.1. The quantitative estimate of drug-likeness (QED) is 0.173. The predicted molar refractivity (Wildman–Crippen MR) is 148 cm³/mol. The Kier molecular flexibility index (Phi) is 7.65. The van der Waals surface area contributed by atoms with Crippen LogP contribution in [-0.2, 0) is 20.8 Å². The number of para-hydroxylation sites is 1. The Morgan fingerprint density at radius 3 is 2.46 bits per heavy atom. The Bertz CT molecular complexity index is 1790. The van der Waals surface area contributed by atoms with Crippen molar-refractivity contribution in [1.29, 1.82) is 0 Å². The minimum atomic E-state index is -1.19. The average Bonchev–Trinajstić information content (AvgIpc) is 3.63. The zero-order valence-electron chi connectivity index (χ0n) is 21.0. The number of anilines is 3. The number of carboxylic acid groups (broad SMARTS) is 1. The minimum Gasteiger partial charge on any atom is -0.475 e. The van der Waals surface area contributed by atoms with E-state index in [9.17, 15) is 19.2 Å². The van der Waals surface area contributed by atoms with Gasteiger partial charge in [-0.05, 0) is 64.9 Å². The third kappa shape index (κ3) is 6.34. The maximum atomic E-state index is 12.8. The zero-order valence-corrected chi connectivity index (χ0v) is 21.7. The van der Waals surface area contributed by atoms with Crippen LogP contribution in [0.2, 0.25) is 5.02 Å². The summed E-state index contributed by atoms with van der Waals surface area (Å²) in [7, 11) is 0. The summed E-state index contributed by atoms with van der Waals surface area (Å²) in [6, 6.07) is 16.2. The Labute approximate surface area is 235 Å². The molecule has 0 aliphatic rings. The van der Waals surface area contributed by atoms with E-state index in [1.165, 1.54) is 17.1 Å². The third-order valence-corrected chi connectivity index (χ3v) is 6.10. The van der Waals surface area contributed by atoms with Crippen molar-refractivity contribution in [3.8, 4) is 5.69 Å². The number of aromatic nitrogens is 6. The van der Waals surface area contributed by atoms with Crippen molar-refractivity contribution < 1.29 is 24.3 Å². The van der Waals surface area contributed by atoms with E-state index in [0.717, 1.165) is 0 Å². The lowest BCUT2D eigenvalue weighted by molar-refractivity contribution is -0.133. The summed E-state index contributed by atoms with van der Waals surface area (Å²) >= 11 is 6.07. The van der Waals surface area contributed by atoms with E-state index in [0.29, 0.717) is 38.7 Å². The van der Waals surface area contributed by atoms with Crippen LogP contribution in [0.15, 0.2) is 67.0 Å². The van der Waals surface area contributed by atoms with E-state index in [2.05, 4.69) is 41.4 Å². The number of carbonyl (C=O) groups excluding carboxylic acids is 3. The molecule has 0 atom stereocenters. The van der Waals surface area contributed by atoms with Crippen LogP contribution in [0.3, 0.4) is 0 Å². The molecule has 15 heteroatoms. The monoisotopic (exact) mass is 573 g/mol. The molecule has 2 heterocycles. The second-order valence-electron chi connectivity index (χ2n) is 8.65. The number of nitrogens with one attached hydrogen (secondary N) is 4. The van der Waals surface area contributed by atoms with Crippen molar-refractivity contribution in [1.82, 2.24) is 30.2 Å². The van der Waals surface area contributed by atoms with Gasteiger partial charge in [0.25, 0.3) is 0 Å². The summed E-state index contributed by atoms with van der Waals surface area (Å²) in [5, 5.41) is 28.2. The van der Waals surface area contributed by atoms with Gasteiger partial charge in [0.15, 0.2) is 0 Å². The largest absolute Gasteiger partial charge is 0.475 e. The summed E-state index contributed by atoms with van der Waals surface area (Å²) in [5.74, 6) is -3.57. The second-order valence-corrected chi connectivity index (χ2v) is 9.09. The van der Waals surface area contributed by atoms with E-state index < -0.39 is 17.8 Å². The molecule has 0 saturated heterocycles. The van der Waals surface area contributed by atoms with Crippen molar-refractivity contribution in [3.05, 3.63) is 83.4 Å². The highest BCUT2D eigenvalue weighted by atomic mass is 35.5. The van der Waals surface area contributed by atoms with Crippen LogP contribution in [0.4, 0.5) is 17.1 Å². The molecule has 0 aliphatic heterocycles. The first-order chi connectivity index (χ1) is 19.8. The van der Waals surface area contributed by atoms with Crippen molar-refractivity contribution >= 4 is 63.4 Å². The summed E-state index contributed by atoms with van der Waals surface area (Å²) in [6.45, 7) is 0. The van der Waals surface area contributed by atoms with Crippen LogP contribution >= 0.6 is 11.6 Å². The standard InChI is InChI=1S/C26H20ClN9O5/c27-15-6-9-21(36-13-28-34-35-36)20(11-15)33-25(39)24(38)32-17-4-2-1-3-14(17)5-10-22(37)29-16-7-8-18-19(12-16)31-23(30-18)26(40)41/h1-4,6-9,11-13H,5,10H2,(H,29,37)(H,30,31)(H,32,38)(H,33,39)(H,40,41). The van der Waals surface area contributed by atoms with Crippen molar-refractivity contribution in [2.75, 3.05) is 16.0 Å². The van der Waals surface area contributed by atoms with Gasteiger partial charge in [-0.25, -0.2) is 9.78 Å². The number of carboxylic acids is 1. The van der Waals surface area contributed by atoms with Gasteiger partial charge in [-0.15, -0.1) is 5.10 Å². The van der Waals surface area contributed by atoms with Crippen molar-refractivity contribution in [2.24, 2.45) is 0 Å². The number of fused-ring (bicyclic) bond motifs is 1. The van der Waals surface area contributed by atoms with E-state index >= 15 is 0 Å². The van der Waals surface area contributed by atoms with Crippen molar-refractivity contribution in [2.45, 2.75) is 12.8 Å². The first kappa shape index (κ1) is 27.0. The number of aromatic carboxylic acids is 1. The normalized spacial score (nSPS) is 10.8. The lowest BCUT2D eigenvalue weighted by Gasteiger charge is -2.13. The summed E-state index contributed by atoms with van der Waals surface area (Å²) in [6.07, 6.45) is 1.66. The molecule has 41 heavy (non-hydrogen) atoms. The topological polar surface area (TPSA) is 197 Å². The van der Waals surface area contributed by atoms with Crippen LogP contribution in [0.1, 0.15) is 22.6 Å². The van der Waals surface area contributed by atoms with Gasteiger partial charge in [-0.1, -0.05) is 29.8 Å². The van der Waals surface area contributed by atoms with Crippen LogP contribution in [0.5, 0.6) is 0 Å². The number of aryl methyl sites for hydroxylation is 1. The molecule has 0 unspecified atom stereocenters. The number of imidazole rings is 1. The molecule has 14 nitrogen and oxygen atoms in total. The Balaban J connectivity index is 1.21. The van der Waals surface area contributed by atoms with Crippen molar-refractivity contribution in [3.63, 3.8) is 0 Å². The van der Waals surface area contributed by atoms with Gasteiger partial charge in [-0.2, -0.15) is 4.68 Å². The second kappa shape index (κ2) is 11.6. The molecule has 5 N–H and O–H groups in total. The molecule has 0 fully saturated rings. The van der Waals surface area contributed by atoms with Gasteiger partial charge in [0.2, 0.25) is 11.7 Å². The SMILES string of the molecule is O=C(CCc1ccccc1NC(=O)C(=O)Nc1cc(Cl)ccc1-n1cnnn1)Nc1ccc2nc(C(=O)O)[nH]c2c1. The van der Waals surface area contributed by atoms with Crippen LogP contribution < -0.4 is 16.0 Å². The summed E-state index contributed by atoms with van der Waals surface area (Å²) in [5.41, 5.74) is 3.01. The number of tetrazole rings is 1. The summed E-state index contributed by atoms with van der Waals surface area (Å²) < 4.78 is 1.31. The van der Waals surface area contributed by atoms with Gasteiger partial charge >= 0.3 is 17.8 Å². The first-order valence-electron chi connectivity index (χ1n) is 12.0. The maximum Gasteiger partial charge on any atom is 0.371 e. The molecule has 206 valence electrons. The highest BCUT2D eigenvalue weighted by Gasteiger charge is 2.19. The number of aromatic amines is 1. The molecule has 0 radical (unpaired) electrons. The highest BCUT2D eigenvalue weighted by Crippen LogP contribution is 2.24. The number of nitrogens with zero attached hydrogens (tertiary/aromatic N) is 5. The van der Waals surface area contributed by atoms with E-state index in [-0.39, 0.29) is 30.3 Å². The fraction of sp³-hybridized carbons (Fsp3) is 0.0769. The molecular formula is C26H20ClN9O5. The molecule has 3 aromatic carbocycles. The third-order valence-electron chi connectivity index (χ3n) is 5.86. The van der Waals surface area contributed by atoms with Gasteiger partial charge in [0, 0.05) is 22.8 Å². The van der Waals surface area contributed by atoms with E-state index in [1.54, 1.807) is 54.6 Å². The number of H-pyrrole nitrogens is 1. The zero-order chi connectivity index (χ0) is 28.9. The number of hydrogen-bond acceptors (Lipinski definition) is 8. The lowest BCUT2D eigenvalue weighted by Crippen LogP contribution is -2.30.